The van der Waals surface area contributed by atoms with Gasteiger partial charge in [-0.1, -0.05) is 35.3 Å². The van der Waals surface area contributed by atoms with Crippen LogP contribution in [0.5, 0.6) is 5.75 Å². The monoisotopic (exact) mass is 474 g/mol. The molecule has 2 rings (SSSR count). The Kier molecular flexibility index (Phi) is 9.48. The topological polar surface area (TPSA) is 93.7 Å². The molecular formula is C20H18Cl2F2N2O5. The lowest BCUT2D eigenvalue weighted by Gasteiger charge is -2.09. The second-order valence-corrected chi connectivity index (χ2v) is 6.93. The van der Waals surface area contributed by atoms with E-state index in [2.05, 4.69) is 15.4 Å². The van der Waals surface area contributed by atoms with Crippen molar-refractivity contribution in [1.82, 2.24) is 10.6 Å². The Hall–Kier alpha value is -2.91. The largest absolute Gasteiger partial charge is 0.454 e. The number of nitrogens with one attached hydrogen (secondary N) is 2. The van der Waals surface area contributed by atoms with E-state index in [4.69, 9.17) is 27.9 Å². The number of benzene rings is 2. The number of amides is 2. The summed E-state index contributed by atoms with van der Waals surface area (Å²) in [5, 5.41) is 5.38. The van der Waals surface area contributed by atoms with Crippen molar-refractivity contribution in [2.24, 2.45) is 0 Å². The lowest BCUT2D eigenvalue weighted by Crippen LogP contribution is -2.34. The first kappa shape index (κ1) is 24.4. The van der Waals surface area contributed by atoms with Crippen LogP contribution in [-0.4, -0.2) is 44.1 Å². The van der Waals surface area contributed by atoms with E-state index in [1.54, 1.807) is 12.1 Å². The zero-order valence-corrected chi connectivity index (χ0v) is 17.5. The Morgan fingerprint density at radius 1 is 1.00 bits per heavy atom. The van der Waals surface area contributed by atoms with Crippen molar-refractivity contribution in [3.63, 3.8) is 0 Å². The van der Waals surface area contributed by atoms with Gasteiger partial charge in [0.1, 0.15) is 12.3 Å². The molecule has 0 aliphatic heterocycles. The molecule has 0 saturated carbocycles. The van der Waals surface area contributed by atoms with Gasteiger partial charge < -0.3 is 20.1 Å². The van der Waals surface area contributed by atoms with E-state index in [0.717, 1.165) is 5.56 Å². The van der Waals surface area contributed by atoms with Crippen LogP contribution in [0.4, 0.5) is 8.78 Å². The summed E-state index contributed by atoms with van der Waals surface area (Å²) < 4.78 is 33.2. The van der Waals surface area contributed by atoms with Crippen LogP contribution in [0.25, 0.3) is 0 Å². The van der Waals surface area contributed by atoms with Crippen LogP contribution in [0.2, 0.25) is 10.0 Å². The van der Waals surface area contributed by atoms with Gasteiger partial charge in [0, 0.05) is 11.6 Å². The third kappa shape index (κ3) is 8.77. The lowest BCUT2D eigenvalue weighted by molar-refractivity contribution is -0.147. The molecule has 0 bridgehead atoms. The molecule has 2 aromatic carbocycles. The van der Waals surface area contributed by atoms with Crippen LogP contribution < -0.4 is 15.4 Å². The maximum Gasteiger partial charge on any atom is 0.387 e. The number of alkyl halides is 2. The summed E-state index contributed by atoms with van der Waals surface area (Å²) >= 11 is 11.7. The number of carbonyl (C=O) groups excluding carboxylic acids is 3. The molecule has 11 heteroatoms. The summed E-state index contributed by atoms with van der Waals surface area (Å²) in [5.74, 6) is -1.88. The zero-order valence-electron chi connectivity index (χ0n) is 16.0. The van der Waals surface area contributed by atoms with Crippen molar-refractivity contribution in [3.05, 3.63) is 63.6 Å². The van der Waals surface area contributed by atoms with Crippen LogP contribution in [-0.2, 0) is 20.7 Å². The average Bonchev–Trinajstić information content (AvgIpc) is 2.71. The minimum atomic E-state index is -2.89. The van der Waals surface area contributed by atoms with E-state index in [9.17, 15) is 23.2 Å². The van der Waals surface area contributed by atoms with Crippen molar-refractivity contribution < 1.29 is 32.6 Å². The first-order chi connectivity index (χ1) is 14.7. The Labute approximate surface area is 186 Å². The van der Waals surface area contributed by atoms with Crippen LogP contribution in [0.3, 0.4) is 0 Å². The fourth-order valence-corrected chi connectivity index (χ4v) is 2.85. The van der Waals surface area contributed by atoms with Crippen molar-refractivity contribution >= 4 is 41.0 Å². The molecule has 166 valence electrons. The number of hydrogen-bond donors (Lipinski definition) is 2. The highest BCUT2D eigenvalue weighted by molar-refractivity contribution is 6.36. The lowest BCUT2D eigenvalue weighted by atomic mass is 10.1. The summed E-state index contributed by atoms with van der Waals surface area (Å²) in [6, 6.07) is 10.3. The first-order valence-electron chi connectivity index (χ1n) is 8.94. The Bertz CT molecular complexity index is 926. The maximum absolute atomic E-state index is 12.1. The third-order valence-corrected chi connectivity index (χ3v) is 4.37. The number of hydrogen-bond acceptors (Lipinski definition) is 5. The highest BCUT2D eigenvalue weighted by Gasteiger charge is 2.13. The number of ether oxygens (including phenoxy) is 2. The van der Waals surface area contributed by atoms with Gasteiger partial charge in [-0.25, -0.2) is 0 Å². The molecule has 0 radical (unpaired) electrons. The number of esters is 1. The second-order valence-electron chi connectivity index (χ2n) is 6.09. The molecule has 2 aromatic rings. The van der Waals surface area contributed by atoms with E-state index < -0.39 is 37.5 Å². The van der Waals surface area contributed by atoms with Gasteiger partial charge in [-0.15, -0.1) is 0 Å². The second kappa shape index (κ2) is 12.1. The van der Waals surface area contributed by atoms with Crippen molar-refractivity contribution in [3.8, 4) is 5.75 Å². The van der Waals surface area contributed by atoms with Gasteiger partial charge in [-0.05, 0) is 42.3 Å². The zero-order chi connectivity index (χ0) is 22.8. The molecule has 2 amide bonds. The third-order valence-electron chi connectivity index (χ3n) is 3.82. The molecule has 0 atom stereocenters. The molecule has 0 fully saturated rings. The number of halogens is 4. The van der Waals surface area contributed by atoms with Gasteiger partial charge in [0.15, 0.2) is 6.61 Å². The van der Waals surface area contributed by atoms with Crippen molar-refractivity contribution in [1.29, 1.82) is 0 Å². The van der Waals surface area contributed by atoms with Crippen LogP contribution in [0, 0.1) is 0 Å². The minimum absolute atomic E-state index is 0.0418. The predicted octanol–water partition coefficient (Wildman–Crippen LogP) is 3.23. The summed E-state index contributed by atoms with van der Waals surface area (Å²) in [6.45, 7) is -3.61. The summed E-state index contributed by atoms with van der Waals surface area (Å²) in [7, 11) is 0. The summed E-state index contributed by atoms with van der Waals surface area (Å²) in [6.07, 6.45) is 0.437. The molecule has 7 nitrogen and oxygen atoms in total. The quantitative estimate of drug-likeness (QED) is 0.515. The highest BCUT2D eigenvalue weighted by Crippen LogP contribution is 2.20. The molecule has 0 unspecified atom stereocenters. The fraction of sp³-hybridized carbons (Fsp3) is 0.250. The number of carbonyl (C=O) groups is 3. The van der Waals surface area contributed by atoms with Gasteiger partial charge in [0.25, 0.3) is 11.8 Å². The van der Waals surface area contributed by atoms with Gasteiger partial charge in [0.05, 0.1) is 10.6 Å². The van der Waals surface area contributed by atoms with Crippen molar-refractivity contribution in [2.75, 3.05) is 19.7 Å². The Morgan fingerprint density at radius 3 is 2.35 bits per heavy atom. The molecule has 0 saturated heterocycles. The molecule has 31 heavy (non-hydrogen) atoms. The van der Waals surface area contributed by atoms with Crippen molar-refractivity contribution in [2.45, 2.75) is 13.0 Å². The van der Waals surface area contributed by atoms with Gasteiger partial charge in [-0.2, -0.15) is 8.78 Å². The predicted molar refractivity (Wildman–Crippen MR) is 110 cm³/mol. The normalized spacial score (nSPS) is 10.5. The first-order valence-corrected chi connectivity index (χ1v) is 9.69. The van der Waals surface area contributed by atoms with Gasteiger partial charge in [0.2, 0.25) is 0 Å². The molecule has 0 aromatic heterocycles. The fourth-order valence-electron chi connectivity index (χ4n) is 2.35. The van der Waals surface area contributed by atoms with E-state index in [1.165, 1.54) is 30.3 Å². The Morgan fingerprint density at radius 2 is 1.71 bits per heavy atom. The summed E-state index contributed by atoms with van der Waals surface area (Å²) in [4.78, 5) is 35.4. The molecule has 2 N–H and O–H groups in total. The van der Waals surface area contributed by atoms with Crippen LogP contribution in [0.15, 0.2) is 42.5 Å². The van der Waals surface area contributed by atoms with E-state index in [-0.39, 0.29) is 22.9 Å². The average molecular weight is 475 g/mol. The molecule has 0 aliphatic carbocycles. The standard InChI is InChI=1S/C20H18Cl2F2N2O5/c21-13-3-6-15(16(22)9-13)19(29)26-10-18(28)30-11-17(27)25-8-7-12-1-4-14(5-2-12)31-20(23)24/h1-6,9,20H,7-8,10-11H2,(H,25,27)(H,26,29). The molecule has 0 aliphatic rings. The number of rotatable bonds is 10. The van der Waals surface area contributed by atoms with Gasteiger partial charge >= 0.3 is 12.6 Å². The smallest absolute Gasteiger partial charge is 0.387 e. The molecule has 0 heterocycles. The van der Waals surface area contributed by atoms with E-state index in [1.807, 2.05) is 0 Å². The van der Waals surface area contributed by atoms with E-state index >= 15 is 0 Å². The summed E-state index contributed by atoms with van der Waals surface area (Å²) in [5.41, 5.74) is 0.938. The van der Waals surface area contributed by atoms with Crippen LogP contribution in [0.1, 0.15) is 15.9 Å². The van der Waals surface area contributed by atoms with Crippen LogP contribution >= 0.6 is 23.2 Å². The maximum atomic E-state index is 12.1. The van der Waals surface area contributed by atoms with Gasteiger partial charge in [-0.3, -0.25) is 14.4 Å². The van der Waals surface area contributed by atoms with E-state index in [0.29, 0.717) is 11.4 Å². The minimum Gasteiger partial charge on any atom is -0.454 e. The Balaban J connectivity index is 1.64. The highest BCUT2D eigenvalue weighted by atomic mass is 35.5. The SMILES string of the molecule is O=C(COC(=O)CNC(=O)c1ccc(Cl)cc1Cl)NCCc1ccc(OC(F)F)cc1. The molecule has 0 spiro atoms. The molecular weight excluding hydrogens is 457 g/mol.